The van der Waals surface area contributed by atoms with E-state index in [0.29, 0.717) is 23.7 Å². The van der Waals surface area contributed by atoms with E-state index >= 15 is 0 Å². The highest BCUT2D eigenvalue weighted by molar-refractivity contribution is 7.07. The second-order valence-corrected chi connectivity index (χ2v) is 6.80. The Balaban J connectivity index is 1.46. The van der Waals surface area contributed by atoms with Crippen molar-refractivity contribution >= 4 is 23.3 Å². The highest BCUT2D eigenvalue weighted by atomic mass is 32.1. The molecule has 4 rings (SSSR count). The second kappa shape index (κ2) is 6.79. The summed E-state index contributed by atoms with van der Waals surface area (Å²) in [5.74, 6) is 2.52. The van der Waals surface area contributed by atoms with Gasteiger partial charge in [-0.05, 0) is 25.4 Å². The first-order valence-electron chi connectivity index (χ1n) is 8.29. The first-order valence-corrected chi connectivity index (χ1v) is 9.06. The maximum atomic E-state index is 12.6. The topological polar surface area (TPSA) is 92.9 Å². The Hall–Kier alpha value is -2.88. The fraction of sp³-hybridized carbons (Fsp3) is 0.375. The predicted octanol–water partition coefficient (Wildman–Crippen LogP) is 1.09. The lowest BCUT2D eigenvalue weighted by Crippen LogP contribution is -2.49. The minimum Gasteiger partial charge on any atom is -0.353 e. The van der Waals surface area contributed by atoms with E-state index in [4.69, 9.17) is 0 Å². The Kier molecular flexibility index (Phi) is 4.33. The van der Waals surface area contributed by atoms with Gasteiger partial charge in [0, 0.05) is 44.6 Å². The van der Waals surface area contributed by atoms with Crippen molar-refractivity contribution in [2.75, 3.05) is 31.1 Å². The molecule has 0 unspecified atom stereocenters. The van der Waals surface area contributed by atoms with Crippen LogP contribution in [0.5, 0.6) is 0 Å². The zero-order chi connectivity index (χ0) is 18.1. The number of rotatable bonds is 3. The van der Waals surface area contributed by atoms with Gasteiger partial charge < -0.3 is 9.80 Å². The van der Waals surface area contributed by atoms with E-state index in [1.54, 1.807) is 12.5 Å². The molecule has 1 saturated heterocycles. The van der Waals surface area contributed by atoms with Crippen LogP contribution in [0.1, 0.15) is 21.2 Å². The molecule has 0 aromatic carbocycles. The second-order valence-electron chi connectivity index (χ2n) is 6.05. The van der Waals surface area contributed by atoms with E-state index in [0.717, 1.165) is 42.1 Å². The molecule has 0 atom stereocenters. The molecule has 1 fully saturated rings. The van der Waals surface area contributed by atoms with Gasteiger partial charge in [0.05, 0.1) is 5.69 Å². The normalized spacial score (nSPS) is 14.7. The third-order valence-electron chi connectivity index (χ3n) is 4.45. The van der Waals surface area contributed by atoms with Gasteiger partial charge in [-0.15, -0.1) is 5.10 Å². The standard InChI is InChI=1S/C16H18N8OS/c1-11-15(26-21-20-11)16(25)23-7-5-22(6-8-23)13-9-14(19-10-18-13)24-4-3-17-12(24)2/h3-4,9-10H,5-8H2,1-2H3. The van der Waals surface area contributed by atoms with Crippen molar-refractivity contribution < 1.29 is 4.79 Å². The van der Waals surface area contributed by atoms with Crippen LogP contribution in [0.4, 0.5) is 5.82 Å². The van der Waals surface area contributed by atoms with E-state index in [1.165, 1.54) is 0 Å². The van der Waals surface area contributed by atoms with Gasteiger partial charge in [0.2, 0.25) is 0 Å². The SMILES string of the molecule is Cc1nnsc1C(=O)N1CCN(c2cc(-n3ccnc3C)ncn2)CC1. The molecule has 0 radical (unpaired) electrons. The summed E-state index contributed by atoms with van der Waals surface area (Å²) in [4.78, 5) is 30.2. The van der Waals surface area contributed by atoms with Gasteiger partial charge in [-0.1, -0.05) is 4.49 Å². The molecule has 3 aromatic rings. The van der Waals surface area contributed by atoms with Crippen molar-refractivity contribution in [1.82, 2.24) is 34.0 Å². The number of amides is 1. The van der Waals surface area contributed by atoms with Gasteiger partial charge in [-0.25, -0.2) is 15.0 Å². The van der Waals surface area contributed by atoms with Gasteiger partial charge in [0.25, 0.3) is 5.91 Å². The van der Waals surface area contributed by atoms with Crippen molar-refractivity contribution in [1.29, 1.82) is 0 Å². The van der Waals surface area contributed by atoms with Gasteiger partial charge in [-0.3, -0.25) is 9.36 Å². The fourth-order valence-corrected chi connectivity index (χ4v) is 3.60. The summed E-state index contributed by atoms with van der Waals surface area (Å²) in [5.41, 5.74) is 0.693. The molecule has 10 heteroatoms. The molecular weight excluding hydrogens is 352 g/mol. The molecule has 26 heavy (non-hydrogen) atoms. The molecule has 9 nitrogen and oxygen atoms in total. The van der Waals surface area contributed by atoms with Gasteiger partial charge in [0.15, 0.2) is 0 Å². The number of carbonyl (C=O) groups excluding carboxylic acids is 1. The lowest BCUT2D eigenvalue weighted by Gasteiger charge is -2.35. The molecule has 0 saturated carbocycles. The van der Waals surface area contributed by atoms with Gasteiger partial charge in [-0.2, -0.15) is 0 Å². The third-order valence-corrected chi connectivity index (χ3v) is 5.26. The molecule has 0 spiro atoms. The number of hydrogen-bond acceptors (Lipinski definition) is 8. The molecule has 3 aromatic heterocycles. The molecule has 1 aliphatic heterocycles. The maximum Gasteiger partial charge on any atom is 0.267 e. The number of aryl methyl sites for hydroxylation is 2. The van der Waals surface area contributed by atoms with E-state index in [2.05, 4.69) is 29.4 Å². The summed E-state index contributed by atoms with van der Waals surface area (Å²) in [7, 11) is 0. The number of carbonyl (C=O) groups is 1. The minimum atomic E-state index is 0.00886. The molecule has 0 N–H and O–H groups in total. The van der Waals surface area contributed by atoms with Gasteiger partial charge >= 0.3 is 0 Å². The summed E-state index contributed by atoms with van der Waals surface area (Å²) in [6.45, 7) is 6.46. The lowest BCUT2D eigenvalue weighted by molar-refractivity contribution is 0.0750. The minimum absolute atomic E-state index is 0.00886. The Morgan fingerprint density at radius 3 is 2.50 bits per heavy atom. The number of imidazole rings is 1. The third kappa shape index (κ3) is 3.03. The van der Waals surface area contributed by atoms with Crippen LogP contribution in [0.15, 0.2) is 24.8 Å². The summed E-state index contributed by atoms with van der Waals surface area (Å²) in [6.07, 6.45) is 5.19. The monoisotopic (exact) mass is 370 g/mol. The van der Waals surface area contributed by atoms with Crippen molar-refractivity contribution in [3.63, 3.8) is 0 Å². The first kappa shape index (κ1) is 16.6. The number of anilines is 1. The predicted molar refractivity (Wildman–Crippen MR) is 96.7 cm³/mol. The summed E-state index contributed by atoms with van der Waals surface area (Å²) >= 11 is 1.16. The number of aromatic nitrogens is 6. The Morgan fingerprint density at radius 1 is 1.08 bits per heavy atom. The summed E-state index contributed by atoms with van der Waals surface area (Å²) < 4.78 is 5.77. The van der Waals surface area contributed by atoms with Crippen LogP contribution in [0.3, 0.4) is 0 Å². The zero-order valence-corrected chi connectivity index (χ0v) is 15.3. The van der Waals surface area contributed by atoms with Crippen molar-refractivity contribution in [2.24, 2.45) is 0 Å². The molecular formula is C16H18N8OS. The molecule has 0 bridgehead atoms. The van der Waals surface area contributed by atoms with E-state index in [1.807, 2.05) is 35.6 Å². The Labute approximate surface area is 154 Å². The quantitative estimate of drug-likeness (QED) is 0.681. The average Bonchev–Trinajstić information content (AvgIpc) is 3.29. The molecule has 1 aliphatic rings. The van der Waals surface area contributed by atoms with Crippen LogP contribution in [-0.4, -0.2) is 66.1 Å². The lowest BCUT2D eigenvalue weighted by atomic mass is 10.2. The van der Waals surface area contributed by atoms with Crippen LogP contribution in [0.25, 0.3) is 5.82 Å². The van der Waals surface area contributed by atoms with Crippen LogP contribution in [0.2, 0.25) is 0 Å². The van der Waals surface area contributed by atoms with Crippen molar-refractivity contribution in [3.05, 3.63) is 41.2 Å². The molecule has 134 valence electrons. The highest BCUT2D eigenvalue weighted by Gasteiger charge is 2.25. The van der Waals surface area contributed by atoms with Gasteiger partial charge in [0.1, 0.15) is 28.7 Å². The fourth-order valence-electron chi connectivity index (χ4n) is 2.97. The molecule has 1 amide bonds. The highest BCUT2D eigenvalue weighted by Crippen LogP contribution is 2.19. The van der Waals surface area contributed by atoms with Crippen molar-refractivity contribution in [2.45, 2.75) is 13.8 Å². The van der Waals surface area contributed by atoms with Crippen LogP contribution >= 0.6 is 11.5 Å². The number of piperazine rings is 1. The van der Waals surface area contributed by atoms with Crippen molar-refractivity contribution in [3.8, 4) is 5.82 Å². The average molecular weight is 370 g/mol. The summed E-state index contributed by atoms with van der Waals surface area (Å²) in [6, 6.07) is 1.95. The van der Waals surface area contributed by atoms with Crippen LogP contribution < -0.4 is 4.90 Å². The maximum absolute atomic E-state index is 12.6. The number of hydrogen-bond donors (Lipinski definition) is 0. The van der Waals surface area contributed by atoms with E-state index < -0.39 is 0 Å². The van der Waals surface area contributed by atoms with Crippen LogP contribution in [0, 0.1) is 13.8 Å². The smallest absolute Gasteiger partial charge is 0.267 e. The Bertz CT molecular complexity index is 928. The Morgan fingerprint density at radius 2 is 1.85 bits per heavy atom. The summed E-state index contributed by atoms with van der Waals surface area (Å²) in [5, 5.41) is 3.92. The van der Waals surface area contributed by atoms with E-state index in [-0.39, 0.29) is 5.91 Å². The number of nitrogens with zero attached hydrogens (tertiary/aromatic N) is 8. The zero-order valence-electron chi connectivity index (χ0n) is 14.5. The molecule has 0 aliphatic carbocycles. The van der Waals surface area contributed by atoms with E-state index in [9.17, 15) is 4.79 Å². The van der Waals surface area contributed by atoms with Crippen LogP contribution in [-0.2, 0) is 0 Å². The first-order chi connectivity index (χ1) is 12.6. The molecule has 4 heterocycles. The largest absolute Gasteiger partial charge is 0.353 e.